The quantitative estimate of drug-likeness (QED) is 0.939. The summed E-state index contributed by atoms with van der Waals surface area (Å²) in [5, 5.41) is 4.15. The smallest absolute Gasteiger partial charge is 0.226 e. The first kappa shape index (κ1) is 16.3. The van der Waals surface area contributed by atoms with Crippen molar-refractivity contribution in [3.05, 3.63) is 41.2 Å². The van der Waals surface area contributed by atoms with Gasteiger partial charge in [-0.3, -0.25) is 4.90 Å². The van der Waals surface area contributed by atoms with E-state index in [0.717, 1.165) is 42.5 Å². The summed E-state index contributed by atoms with van der Waals surface area (Å²) < 4.78 is 5.56. The highest BCUT2D eigenvalue weighted by Gasteiger charge is 2.17. The van der Waals surface area contributed by atoms with E-state index < -0.39 is 0 Å². The zero-order valence-corrected chi connectivity index (χ0v) is 13.5. The predicted molar refractivity (Wildman–Crippen MR) is 86.9 cm³/mol. The summed E-state index contributed by atoms with van der Waals surface area (Å²) in [5.41, 5.74) is 1.93. The molecule has 1 aromatic heterocycles. The van der Waals surface area contributed by atoms with Gasteiger partial charge in [-0.05, 0) is 31.2 Å². The van der Waals surface area contributed by atoms with Crippen LogP contribution in [0.2, 0.25) is 5.02 Å². The number of hydrogen-bond donors (Lipinski definition) is 1. The Morgan fingerprint density at radius 2 is 2.14 bits per heavy atom. The van der Waals surface area contributed by atoms with Crippen LogP contribution in [0.15, 0.2) is 34.9 Å². The lowest BCUT2D eigenvalue weighted by Crippen LogP contribution is -2.48. The van der Waals surface area contributed by atoms with E-state index in [1.54, 1.807) is 6.26 Å². The third-order valence-corrected chi connectivity index (χ3v) is 3.73. The second kappa shape index (κ2) is 7.27. The van der Waals surface area contributed by atoms with Gasteiger partial charge in [0.2, 0.25) is 5.89 Å². The Morgan fingerprint density at radius 1 is 1.38 bits per heavy atom. The maximum atomic E-state index is 5.88. The molecule has 0 spiro atoms. The molecule has 0 amide bonds. The van der Waals surface area contributed by atoms with Crippen molar-refractivity contribution in [3.63, 3.8) is 0 Å². The molecule has 4 nitrogen and oxygen atoms in total. The third-order valence-electron chi connectivity index (χ3n) is 3.48. The highest BCUT2D eigenvalue weighted by atomic mass is 35.5. The van der Waals surface area contributed by atoms with Gasteiger partial charge in [0.25, 0.3) is 0 Å². The number of piperazine rings is 1. The van der Waals surface area contributed by atoms with Crippen LogP contribution in [0.5, 0.6) is 0 Å². The fraction of sp³-hybridized carbons (Fsp3) is 0.400. The Hall–Kier alpha value is -1.07. The number of nitrogens with one attached hydrogen (secondary N) is 1. The summed E-state index contributed by atoms with van der Waals surface area (Å²) in [4.78, 5) is 6.95. The van der Waals surface area contributed by atoms with E-state index in [1.807, 2.05) is 24.3 Å². The van der Waals surface area contributed by atoms with Crippen molar-refractivity contribution < 1.29 is 4.42 Å². The summed E-state index contributed by atoms with van der Waals surface area (Å²) in [6.07, 6.45) is 1.75. The summed E-state index contributed by atoms with van der Waals surface area (Å²) in [7, 11) is 0. The molecule has 0 radical (unpaired) electrons. The minimum atomic E-state index is 0. The fourth-order valence-electron chi connectivity index (χ4n) is 2.49. The molecule has 6 heteroatoms. The third kappa shape index (κ3) is 4.20. The molecule has 1 unspecified atom stereocenters. The molecule has 1 atom stereocenters. The molecule has 2 aromatic rings. The summed E-state index contributed by atoms with van der Waals surface area (Å²) in [6, 6.07) is 8.07. The Morgan fingerprint density at radius 3 is 2.86 bits per heavy atom. The molecule has 1 fully saturated rings. The molecule has 1 saturated heterocycles. The SMILES string of the molecule is CC1CN(Cc2coc(-c3ccc(Cl)cc3)n2)CCN1.Cl. The van der Waals surface area contributed by atoms with E-state index in [-0.39, 0.29) is 12.4 Å². The van der Waals surface area contributed by atoms with E-state index >= 15 is 0 Å². The van der Waals surface area contributed by atoms with Gasteiger partial charge in [0.05, 0.1) is 5.69 Å². The van der Waals surface area contributed by atoms with Gasteiger partial charge in [0.15, 0.2) is 0 Å². The van der Waals surface area contributed by atoms with Gasteiger partial charge in [-0.25, -0.2) is 4.98 Å². The molecule has 0 saturated carbocycles. The van der Waals surface area contributed by atoms with Crippen LogP contribution in [0.25, 0.3) is 11.5 Å². The lowest BCUT2D eigenvalue weighted by Gasteiger charge is -2.31. The number of benzene rings is 1. The first-order valence-electron chi connectivity index (χ1n) is 6.87. The average molecular weight is 328 g/mol. The molecule has 2 heterocycles. The first-order chi connectivity index (χ1) is 9.70. The van der Waals surface area contributed by atoms with Crippen LogP contribution in [0.3, 0.4) is 0 Å². The number of hydrogen-bond acceptors (Lipinski definition) is 4. The van der Waals surface area contributed by atoms with Crippen LogP contribution in [0, 0.1) is 0 Å². The minimum absolute atomic E-state index is 0. The number of aromatic nitrogens is 1. The Kier molecular flexibility index (Phi) is 5.65. The lowest BCUT2D eigenvalue weighted by molar-refractivity contribution is 0.197. The summed E-state index contributed by atoms with van der Waals surface area (Å²) in [5.74, 6) is 0.653. The predicted octanol–water partition coefficient (Wildman–Crippen LogP) is 3.21. The van der Waals surface area contributed by atoms with Crippen molar-refractivity contribution in [3.8, 4) is 11.5 Å². The van der Waals surface area contributed by atoms with Crippen LogP contribution < -0.4 is 5.32 Å². The number of halogens is 2. The van der Waals surface area contributed by atoms with E-state index in [9.17, 15) is 0 Å². The Bertz CT molecular complexity index is 571. The largest absolute Gasteiger partial charge is 0.444 e. The van der Waals surface area contributed by atoms with Crippen molar-refractivity contribution in [2.45, 2.75) is 19.5 Å². The van der Waals surface area contributed by atoms with E-state index in [1.165, 1.54) is 0 Å². The zero-order chi connectivity index (χ0) is 13.9. The van der Waals surface area contributed by atoms with E-state index in [0.29, 0.717) is 11.9 Å². The normalized spacial score (nSPS) is 19.2. The maximum Gasteiger partial charge on any atom is 0.226 e. The van der Waals surface area contributed by atoms with Crippen LogP contribution in [-0.2, 0) is 6.54 Å². The average Bonchev–Trinajstić information content (AvgIpc) is 2.88. The summed E-state index contributed by atoms with van der Waals surface area (Å²) >= 11 is 5.88. The van der Waals surface area contributed by atoms with Crippen molar-refractivity contribution in [1.29, 1.82) is 0 Å². The molecule has 114 valence electrons. The van der Waals surface area contributed by atoms with Crippen molar-refractivity contribution in [2.75, 3.05) is 19.6 Å². The Balaban J connectivity index is 0.00000161. The van der Waals surface area contributed by atoms with Gasteiger partial charge in [-0.2, -0.15) is 0 Å². The number of oxazole rings is 1. The standard InChI is InChI=1S/C15H18ClN3O.ClH/c1-11-8-19(7-6-17-11)9-14-10-20-15(18-14)12-2-4-13(16)5-3-12;/h2-5,10-11,17H,6-9H2,1H3;1H. The molecule has 1 aromatic carbocycles. The van der Waals surface area contributed by atoms with Gasteiger partial charge >= 0.3 is 0 Å². The summed E-state index contributed by atoms with van der Waals surface area (Å²) in [6.45, 7) is 6.16. The zero-order valence-electron chi connectivity index (χ0n) is 11.9. The molecule has 3 rings (SSSR count). The molecule has 21 heavy (non-hydrogen) atoms. The van der Waals surface area contributed by atoms with Gasteiger partial charge in [0.1, 0.15) is 6.26 Å². The first-order valence-corrected chi connectivity index (χ1v) is 7.24. The monoisotopic (exact) mass is 327 g/mol. The van der Waals surface area contributed by atoms with E-state index in [2.05, 4.69) is 22.1 Å². The topological polar surface area (TPSA) is 41.3 Å². The van der Waals surface area contributed by atoms with Gasteiger partial charge in [-0.15, -0.1) is 12.4 Å². The minimum Gasteiger partial charge on any atom is -0.444 e. The molecule has 0 aliphatic carbocycles. The lowest BCUT2D eigenvalue weighted by atomic mass is 10.2. The molecular formula is C15H19Cl2N3O. The van der Waals surface area contributed by atoms with Gasteiger partial charge < -0.3 is 9.73 Å². The number of rotatable bonds is 3. The molecular weight excluding hydrogens is 309 g/mol. The second-order valence-corrected chi connectivity index (χ2v) is 5.68. The maximum absolute atomic E-state index is 5.88. The van der Waals surface area contributed by atoms with Crippen LogP contribution in [0.4, 0.5) is 0 Å². The van der Waals surface area contributed by atoms with Gasteiger partial charge in [0, 0.05) is 42.8 Å². The van der Waals surface area contributed by atoms with Crippen LogP contribution in [-0.4, -0.2) is 35.6 Å². The second-order valence-electron chi connectivity index (χ2n) is 5.24. The van der Waals surface area contributed by atoms with E-state index in [4.69, 9.17) is 16.0 Å². The molecule has 1 N–H and O–H groups in total. The fourth-order valence-corrected chi connectivity index (χ4v) is 2.62. The number of nitrogens with zero attached hydrogens (tertiary/aromatic N) is 2. The Labute approximate surface area is 135 Å². The molecule has 1 aliphatic rings. The van der Waals surface area contributed by atoms with Gasteiger partial charge in [-0.1, -0.05) is 11.6 Å². The van der Waals surface area contributed by atoms with Crippen molar-refractivity contribution in [1.82, 2.24) is 15.2 Å². The van der Waals surface area contributed by atoms with Crippen LogP contribution in [0.1, 0.15) is 12.6 Å². The van der Waals surface area contributed by atoms with Crippen molar-refractivity contribution >= 4 is 24.0 Å². The highest BCUT2D eigenvalue weighted by molar-refractivity contribution is 6.30. The molecule has 1 aliphatic heterocycles. The molecule has 0 bridgehead atoms. The van der Waals surface area contributed by atoms with Crippen LogP contribution >= 0.6 is 24.0 Å². The highest BCUT2D eigenvalue weighted by Crippen LogP contribution is 2.21. The van der Waals surface area contributed by atoms with Crippen molar-refractivity contribution in [2.24, 2.45) is 0 Å².